The van der Waals surface area contributed by atoms with Crippen LogP contribution in [-0.4, -0.2) is 96.7 Å². The number of carbonyl (C=O) groups is 4. The molecule has 558 valence electrons. The SMILES string of the molecule is CCCCCCCCCCCCCCCC(=O)OC[C@H](COP(=O)(O)OC[C@@H](O)COP(=O)(O)OC[C@@H](COC(=O)CCCCCCCCC(C)CC)OC(=O)CCCCCCCCCCC(C)CC)OC(=O)CCCCCCCCCCCCCCCCCCC(C)C. The second-order valence-electron chi connectivity index (χ2n) is 28.0. The zero-order valence-corrected chi connectivity index (χ0v) is 63.2. The van der Waals surface area contributed by atoms with Crippen LogP contribution < -0.4 is 0 Å². The van der Waals surface area contributed by atoms with Crippen LogP contribution in [0.4, 0.5) is 0 Å². The van der Waals surface area contributed by atoms with Gasteiger partial charge < -0.3 is 33.8 Å². The monoisotopic (exact) mass is 1380 g/mol. The Balaban J connectivity index is 5.24. The summed E-state index contributed by atoms with van der Waals surface area (Å²) in [6.45, 7) is 11.9. The minimum absolute atomic E-state index is 0.104. The highest BCUT2D eigenvalue weighted by atomic mass is 31.2. The molecule has 0 amide bonds. The third-order valence-corrected chi connectivity index (χ3v) is 20.0. The first-order valence-corrected chi connectivity index (χ1v) is 41.9. The highest BCUT2D eigenvalue weighted by molar-refractivity contribution is 7.47. The summed E-state index contributed by atoms with van der Waals surface area (Å²) < 4.78 is 68.5. The van der Waals surface area contributed by atoms with Crippen LogP contribution in [0.1, 0.15) is 382 Å². The summed E-state index contributed by atoms with van der Waals surface area (Å²) in [5, 5.41) is 10.6. The number of ether oxygens (including phenoxy) is 4. The van der Waals surface area contributed by atoms with Gasteiger partial charge in [0, 0.05) is 25.7 Å². The van der Waals surface area contributed by atoms with Crippen LogP contribution in [0.5, 0.6) is 0 Å². The molecule has 0 heterocycles. The van der Waals surface area contributed by atoms with Gasteiger partial charge in [0.25, 0.3) is 0 Å². The molecule has 0 aliphatic rings. The van der Waals surface area contributed by atoms with Crippen molar-refractivity contribution in [3.63, 3.8) is 0 Å². The Morgan fingerprint density at radius 2 is 0.543 bits per heavy atom. The van der Waals surface area contributed by atoms with E-state index >= 15 is 0 Å². The van der Waals surface area contributed by atoms with Crippen molar-refractivity contribution in [2.45, 2.75) is 401 Å². The van der Waals surface area contributed by atoms with Crippen molar-refractivity contribution in [3.8, 4) is 0 Å². The van der Waals surface area contributed by atoms with E-state index in [1.54, 1.807) is 0 Å². The largest absolute Gasteiger partial charge is 0.472 e. The summed E-state index contributed by atoms with van der Waals surface area (Å²) >= 11 is 0. The van der Waals surface area contributed by atoms with Gasteiger partial charge >= 0.3 is 39.5 Å². The summed E-state index contributed by atoms with van der Waals surface area (Å²) in [6, 6.07) is 0. The van der Waals surface area contributed by atoms with Crippen molar-refractivity contribution < 1.29 is 80.2 Å². The molecule has 0 aromatic heterocycles. The molecule has 0 spiro atoms. The van der Waals surface area contributed by atoms with E-state index in [0.717, 1.165) is 114 Å². The van der Waals surface area contributed by atoms with E-state index in [0.29, 0.717) is 25.7 Å². The number of phosphoric ester groups is 2. The van der Waals surface area contributed by atoms with E-state index < -0.39 is 97.5 Å². The highest BCUT2D eigenvalue weighted by Gasteiger charge is 2.30. The fourth-order valence-corrected chi connectivity index (χ4v) is 12.9. The fourth-order valence-electron chi connectivity index (χ4n) is 11.4. The summed E-state index contributed by atoms with van der Waals surface area (Å²) in [5.41, 5.74) is 0. The van der Waals surface area contributed by atoms with E-state index in [-0.39, 0.29) is 25.7 Å². The standard InChI is InChI=1S/C75H146O17P2/c1-8-11-12-13-14-15-16-21-25-28-34-42-49-56-72(77)85-62-70(91-74(79)58-51-44-35-29-26-23-20-18-17-19-22-24-27-32-39-46-53-66(4)5)64-89-93(81,82)87-60-69(76)61-88-94(83,84)90-65-71(63-86-73(78)57-50-43-38-37-41-48-55-68(7)10-3)92-75(80)59-52-45-36-31-30-33-40-47-54-67(6)9-2/h66-71,76H,8-65H2,1-7H3,(H,81,82)(H,83,84)/t67?,68?,69-,70-,71-/m1/s1. The van der Waals surface area contributed by atoms with Crippen molar-refractivity contribution in [1.29, 1.82) is 0 Å². The van der Waals surface area contributed by atoms with Crippen molar-refractivity contribution >= 4 is 39.5 Å². The van der Waals surface area contributed by atoms with Gasteiger partial charge in [-0.2, -0.15) is 0 Å². The number of aliphatic hydroxyl groups is 1. The van der Waals surface area contributed by atoms with Gasteiger partial charge in [0.05, 0.1) is 26.4 Å². The molecule has 0 saturated carbocycles. The van der Waals surface area contributed by atoms with Gasteiger partial charge in [-0.15, -0.1) is 0 Å². The average molecular weight is 1380 g/mol. The lowest BCUT2D eigenvalue weighted by molar-refractivity contribution is -0.161. The lowest BCUT2D eigenvalue weighted by Crippen LogP contribution is -2.30. The Kier molecular flexibility index (Phi) is 64.3. The topological polar surface area (TPSA) is 237 Å². The molecule has 7 atom stereocenters. The Morgan fingerprint density at radius 1 is 0.309 bits per heavy atom. The molecule has 19 heteroatoms. The van der Waals surface area contributed by atoms with Crippen molar-refractivity contribution in [2.24, 2.45) is 17.8 Å². The van der Waals surface area contributed by atoms with Crippen molar-refractivity contribution in [3.05, 3.63) is 0 Å². The van der Waals surface area contributed by atoms with Crippen LogP contribution in [0.25, 0.3) is 0 Å². The number of carbonyl (C=O) groups excluding carboxylic acids is 4. The summed E-state index contributed by atoms with van der Waals surface area (Å²) in [6.07, 6.45) is 51.3. The second kappa shape index (κ2) is 65.7. The summed E-state index contributed by atoms with van der Waals surface area (Å²) in [4.78, 5) is 72.7. The lowest BCUT2D eigenvalue weighted by atomic mass is 9.99. The average Bonchev–Trinajstić information content (AvgIpc) is 1.90. The quantitative estimate of drug-likeness (QED) is 0.0222. The lowest BCUT2D eigenvalue weighted by Gasteiger charge is -2.21. The first-order chi connectivity index (χ1) is 45.3. The Bertz CT molecular complexity index is 1840. The van der Waals surface area contributed by atoms with Crippen LogP contribution >= 0.6 is 15.6 Å². The van der Waals surface area contributed by atoms with Gasteiger partial charge in [-0.3, -0.25) is 37.3 Å². The number of hydrogen-bond donors (Lipinski definition) is 3. The zero-order valence-electron chi connectivity index (χ0n) is 61.4. The molecule has 0 aromatic carbocycles. The Hall–Kier alpha value is -1.94. The molecule has 0 bridgehead atoms. The number of aliphatic hydroxyl groups excluding tert-OH is 1. The fraction of sp³-hybridized carbons (Fsp3) is 0.947. The molecule has 4 unspecified atom stereocenters. The van der Waals surface area contributed by atoms with Gasteiger partial charge in [-0.05, 0) is 43.4 Å². The molecule has 0 fully saturated rings. The van der Waals surface area contributed by atoms with Crippen LogP contribution in [0.15, 0.2) is 0 Å². The first kappa shape index (κ1) is 92.1. The number of esters is 4. The molecule has 94 heavy (non-hydrogen) atoms. The van der Waals surface area contributed by atoms with Crippen molar-refractivity contribution in [2.75, 3.05) is 39.6 Å². The van der Waals surface area contributed by atoms with Gasteiger partial charge in [0.15, 0.2) is 12.2 Å². The van der Waals surface area contributed by atoms with E-state index in [4.69, 9.17) is 37.0 Å². The highest BCUT2D eigenvalue weighted by Crippen LogP contribution is 2.45. The molecular weight excluding hydrogens is 1230 g/mol. The predicted molar refractivity (Wildman–Crippen MR) is 381 cm³/mol. The van der Waals surface area contributed by atoms with E-state index in [9.17, 15) is 43.2 Å². The maximum Gasteiger partial charge on any atom is 0.472 e. The number of rotatable bonds is 73. The number of phosphoric acid groups is 2. The van der Waals surface area contributed by atoms with Crippen LogP contribution in [0.2, 0.25) is 0 Å². The molecule has 0 aliphatic carbocycles. The van der Waals surface area contributed by atoms with E-state index in [1.807, 2.05) is 0 Å². The Morgan fingerprint density at radius 3 is 0.809 bits per heavy atom. The van der Waals surface area contributed by atoms with Crippen molar-refractivity contribution in [1.82, 2.24) is 0 Å². The van der Waals surface area contributed by atoms with Gasteiger partial charge in [-0.1, -0.05) is 331 Å². The molecular formula is C75H146O17P2. The minimum Gasteiger partial charge on any atom is -0.462 e. The smallest absolute Gasteiger partial charge is 0.462 e. The molecule has 0 aromatic rings. The number of unbranched alkanes of at least 4 members (excludes halogenated alkanes) is 39. The summed E-state index contributed by atoms with van der Waals surface area (Å²) in [7, 11) is -9.91. The van der Waals surface area contributed by atoms with E-state index in [2.05, 4.69) is 48.5 Å². The maximum atomic E-state index is 13.1. The normalized spacial score (nSPS) is 14.7. The molecule has 0 aliphatic heterocycles. The zero-order chi connectivity index (χ0) is 69.4. The third-order valence-electron chi connectivity index (χ3n) is 18.1. The molecule has 0 saturated heterocycles. The Labute approximate surface area is 575 Å². The van der Waals surface area contributed by atoms with E-state index in [1.165, 1.54) is 186 Å². The maximum absolute atomic E-state index is 13.1. The van der Waals surface area contributed by atoms with Gasteiger partial charge in [0.2, 0.25) is 0 Å². The van der Waals surface area contributed by atoms with Crippen LogP contribution in [0.3, 0.4) is 0 Å². The van der Waals surface area contributed by atoms with Gasteiger partial charge in [0.1, 0.15) is 19.3 Å². The van der Waals surface area contributed by atoms with Crippen LogP contribution in [0, 0.1) is 17.8 Å². The molecule has 0 rings (SSSR count). The predicted octanol–water partition coefficient (Wildman–Crippen LogP) is 21.8. The third kappa shape index (κ3) is 66.0. The number of hydrogen-bond acceptors (Lipinski definition) is 15. The summed E-state index contributed by atoms with van der Waals surface area (Å²) in [5.74, 6) is 0.189. The molecule has 17 nitrogen and oxygen atoms in total. The van der Waals surface area contributed by atoms with Crippen LogP contribution in [-0.2, 0) is 65.4 Å². The second-order valence-corrected chi connectivity index (χ2v) is 30.9. The molecule has 0 radical (unpaired) electrons. The minimum atomic E-state index is -4.96. The first-order valence-electron chi connectivity index (χ1n) is 38.9. The van der Waals surface area contributed by atoms with Gasteiger partial charge in [-0.25, -0.2) is 9.13 Å². The molecule has 3 N–H and O–H groups in total.